The number of hydrogen-bond donors (Lipinski definition) is 1. The fraction of sp³-hybridized carbons (Fsp3) is 0.800. The third kappa shape index (κ3) is 2.14. The van der Waals surface area contributed by atoms with E-state index >= 15 is 0 Å². The van der Waals surface area contributed by atoms with Gasteiger partial charge in [0.05, 0.1) is 11.2 Å². The zero-order chi connectivity index (χ0) is 13.6. The summed E-state index contributed by atoms with van der Waals surface area (Å²) < 4.78 is 0. The Morgan fingerprint density at radius 1 is 1.37 bits per heavy atom. The zero-order valence-electron chi connectivity index (χ0n) is 12.4. The van der Waals surface area contributed by atoms with E-state index in [0.29, 0.717) is 5.92 Å². The Hall–Kier alpha value is -0.450. The van der Waals surface area contributed by atoms with Crippen LogP contribution in [0.15, 0.2) is 5.38 Å². The maximum absolute atomic E-state index is 4.94. The van der Waals surface area contributed by atoms with Crippen molar-refractivity contribution in [2.75, 3.05) is 14.1 Å². The minimum atomic E-state index is 0.121. The molecule has 0 amide bonds. The van der Waals surface area contributed by atoms with Crippen molar-refractivity contribution in [3.8, 4) is 0 Å². The van der Waals surface area contributed by atoms with Crippen LogP contribution in [0.2, 0.25) is 0 Å². The smallest absolute Gasteiger partial charge is 0.113 e. The predicted molar refractivity (Wildman–Crippen MR) is 80.7 cm³/mol. The van der Waals surface area contributed by atoms with Gasteiger partial charge in [-0.05, 0) is 45.7 Å². The molecule has 1 aromatic heterocycles. The van der Waals surface area contributed by atoms with Crippen LogP contribution in [0.4, 0.5) is 0 Å². The lowest BCUT2D eigenvalue weighted by molar-refractivity contribution is 0.0937. The average Bonchev–Trinajstić information content (AvgIpc) is 2.94. The van der Waals surface area contributed by atoms with E-state index in [4.69, 9.17) is 4.98 Å². The number of rotatable bonds is 3. The van der Waals surface area contributed by atoms with Gasteiger partial charge in [0.1, 0.15) is 5.01 Å². The highest BCUT2D eigenvalue weighted by molar-refractivity contribution is 7.09. The molecule has 0 radical (unpaired) electrons. The van der Waals surface area contributed by atoms with E-state index in [1.54, 1.807) is 0 Å². The molecule has 3 nitrogen and oxygen atoms in total. The number of thiazole rings is 1. The molecule has 2 saturated heterocycles. The molecule has 4 heteroatoms. The van der Waals surface area contributed by atoms with Gasteiger partial charge in [0.2, 0.25) is 0 Å². The van der Waals surface area contributed by atoms with Gasteiger partial charge in [-0.1, -0.05) is 13.8 Å². The quantitative estimate of drug-likeness (QED) is 0.922. The second-order valence-corrected chi connectivity index (χ2v) is 7.38. The van der Waals surface area contributed by atoms with Crippen LogP contribution < -0.4 is 5.32 Å². The second-order valence-electron chi connectivity index (χ2n) is 6.52. The number of nitrogens with one attached hydrogen (secondary N) is 1. The first kappa shape index (κ1) is 13.5. The van der Waals surface area contributed by atoms with Crippen LogP contribution in [-0.4, -0.2) is 36.1 Å². The lowest BCUT2D eigenvalue weighted by atomic mass is 9.83. The van der Waals surface area contributed by atoms with Crippen LogP contribution in [0.3, 0.4) is 0 Å². The highest BCUT2D eigenvalue weighted by Gasteiger charge is 2.48. The van der Waals surface area contributed by atoms with Gasteiger partial charge in [0.15, 0.2) is 0 Å². The monoisotopic (exact) mass is 279 g/mol. The van der Waals surface area contributed by atoms with Crippen LogP contribution in [0, 0.1) is 0 Å². The number of piperidine rings is 1. The Morgan fingerprint density at radius 3 is 2.47 bits per heavy atom. The normalized spacial score (nSPS) is 35.2. The van der Waals surface area contributed by atoms with Crippen LogP contribution in [0.1, 0.15) is 56.2 Å². The molecule has 2 aliphatic rings. The number of hydrogen-bond acceptors (Lipinski definition) is 4. The Morgan fingerprint density at radius 2 is 2.00 bits per heavy atom. The topological polar surface area (TPSA) is 28.2 Å². The molecule has 0 saturated carbocycles. The third-order valence-electron chi connectivity index (χ3n) is 5.15. The van der Waals surface area contributed by atoms with Crippen molar-refractivity contribution in [3.63, 3.8) is 0 Å². The van der Waals surface area contributed by atoms with Crippen molar-refractivity contribution in [3.05, 3.63) is 16.1 Å². The Labute approximate surface area is 120 Å². The molecule has 3 heterocycles. The summed E-state index contributed by atoms with van der Waals surface area (Å²) in [6, 6.07) is 1.47. The van der Waals surface area contributed by atoms with Gasteiger partial charge in [-0.25, -0.2) is 4.98 Å². The van der Waals surface area contributed by atoms with E-state index in [0.717, 1.165) is 12.1 Å². The van der Waals surface area contributed by atoms with Gasteiger partial charge >= 0.3 is 0 Å². The molecule has 0 aromatic carbocycles. The highest BCUT2D eigenvalue weighted by atomic mass is 32.1. The summed E-state index contributed by atoms with van der Waals surface area (Å²) in [5.41, 5.74) is 1.37. The highest BCUT2D eigenvalue weighted by Crippen LogP contribution is 2.45. The molecule has 1 N–H and O–H groups in total. The molecule has 19 heavy (non-hydrogen) atoms. The molecule has 3 rings (SSSR count). The van der Waals surface area contributed by atoms with Crippen LogP contribution in [0.5, 0.6) is 0 Å². The van der Waals surface area contributed by atoms with Crippen LogP contribution in [0.25, 0.3) is 0 Å². The molecule has 2 aliphatic heterocycles. The molecule has 1 aromatic rings. The van der Waals surface area contributed by atoms with E-state index < -0.39 is 0 Å². The lowest BCUT2D eigenvalue weighted by Gasteiger charge is -2.44. The minimum absolute atomic E-state index is 0.121. The molecular formula is C15H25N3S. The maximum Gasteiger partial charge on any atom is 0.113 e. The summed E-state index contributed by atoms with van der Waals surface area (Å²) in [7, 11) is 4.41. The van der Waals surface area contributed by atoms with Crippen molar-refractivity contribution < 1.29 is 0 Å². The summed E-state index contributed by atoms with van der Waals surface area (Å²) >= 11 is 1.85. The molecule has 2 fully saturated rings. The minimum Gasteiger partial charge on any atom is -0.308 e. The van der Waals surface area contributed by atoms with Gasteiger partial charge in [-0.15, -0.1) is 11.3 Å². The fourth-order valence-corrected chi connectivity index (χ4v) is 4.94. The summed E-state index contributed by atoms with van der Waals surface area (Å²) in [4.78, 5) is 7.53. The van der Waals surface area contributed by atoms with E-state index in [1.807, 2.05) is 11.3 Å². The van der Waals surface area contributed by atoms with E-state index in [9.17, 15) is 0 Å². The first-order valence-corrected chi connectivity index (χ1v) is 8.30. The van der Waals surface area contributed by atoms with E-state index in [2.05, 4.69) is 43.5 Å². The van der Waals surface area contributed by atoms with Crippen molar-refractivity contribution in [1.82, 2.24) is 15.2 Å². The van der Waals surface area contributed by atoms with Crippen molar-refractivity contribution in [2.24, 2.45) is 0 Å². The summed E-state index contributed by atoms with van der Waals surface area (Å²) in [5, 5.41) is 7.19. The molecule has 0 spiro atoms. The van der Waals surface area contributed by atoms with E-state index in [-0.39, 0.29) is 5.54 Å². The molecule has 106 valence electrons. The van der Waals surface area contributed by atoms with Crippen LogP contribution >= 0.6 is 11.3 Å². The first-order valence-electron chi connectivity index (χ1n) is 7.42. The average molecular weight is 279 g/mol. The predicted octanol–water partition coefficient (Wildman–Crippen LogP) is 2.94. The first-order chi connectivity index (χ1) is 9.05. The van der Waals surface area contributed by atoms with E-state index in [1.165, 1.54) is 36.4 Å². The fourth-order valence-electron chi connectivity index (χ4n) is 3.73. The summed E-state index contributed by atoms with van der Waals surface area (Å²) in [6.07, 6.45) is 5.13. The van der Waals surface area contributed by atoms with Crippen molar-refractivity contribution >= 4 is 11.3 Å². The third-order valence-corrected chi connectivity index (χ3v) is 6.22. The van der Waals surface area contributed by atoms with Gasteiger partial charge in [-0.2, -0.15) is 0 Å². The van der Waals surface area contributed by atoms with Crippen LogP contribution in [-0.2, 0) is 5.54 Å². The number of aromatic nitrogens is 1. The van der Waals surface area contributed by atoms with Gasteiger partial charge in [0.25, 0.3) is 0 Å². The zero-order valence-corrected chi connectivity index (χ0v) is 13.3. The number of nitrogens with zero attached hydrogens (tertiary/aromatic N) is 2. The molecule has 2 bridgehead atoms. The standard InChI is InChI=1S/C15H25N3S/c1-10(2)13-9-19-14(17-13)15(16-3)7-11-5-6-12(8-15)18(11)4/h9-12,16H,5-8H2,1-4H3. The summed E-state index contributed by atoms with van der Waals surface area (Å²) in [6.45, 7) is 4.45. The molecule has 0 aliphatic carbocycles. The van der Waals surface area contributed by atoms with Crippen molar-refractivity contribution in [1.29, 1.82) is 0 Å². The number of fused-ring (bicyclic) bond motifs is 2. The van der Waals surface area contributed by atoms with Gasteiger partial charge < -0.3 is 10.2 Å². The summed E-state index contributed by atoms with van der Waals surface area (Å²) in [5.74, 6) is 0.530. The van der Waals surface area contributed by atoms with Gasteiger partial charge in [-0.3, -0.25) is 0 Å². The largest absolute Gasteiger partial charge is 0.308 e. The second kappa shape index (κ2) is 4.83. The SMILES string of the molecule is CNC1(c2nc(C(C)C)cs2)CC2CCC(C1)N2C. The molecule has 2 atom stereocenters. The van der Waals surface area contributed by atoms with Crippen molar-refractivity contribution in [2.45, 2.75) is 63.1 Å². The Kier molecular flexibility index (Phi) is 3.44. The Balaban J connectivity index is 1.91. The lowest BCUT2D eigenvalue weighted by Crippen LogP contribution is -2.53. The van der Waals surface area contributed by atoms with Gasteiger partial charge in [0, 0.05) is 17.5 Å². The molecular weight excluding hydrogens is 254 g/mol. The maximum atomic E-state index is 4.94. The Bertz CT molecular complexity index is 440. The molecule has 2 unspecified atom stereocenters.